The van der Waals surface area contributed by atoms with E-state index < -0.39 is 34.4 Å². The van der Waals surface area contributed by atoms with Crippen molar-refractivity contribution in [2.45, 2.75) is 31.3 Å². The molecule has 34 heavy (non-hydrogen) atoms. The SMILES string of the molecule is CN1C(=O)c2c(O)c(=O)c(-c3nnc(Cc4ccc(F)cc4F)s3)cn2N(C)C12CC1CC2C1. The van der Waals surface area contributed by atoms with E-state index in [9.17, 15) is 23.5 Å². The molecule has 3 fully saturated rings. The molecule has 1 N–H and O–H groups in total. The minimum Gasteiger partial charge on any atom is -0.502 e. The quantitative estimate of drug-likeness (QED) is 0.614. The molecule has 3 aromatic rings. The number of hydrogen-bond acceptors (Lipinski definition) is 7. The number of fused-ring (bicyclic) bond motifs is 1. The molecule has 8 nitrogen and oxygen atoms in total. The molecule has 2 aromatic heterocycles. The summed E-state index contributed by atoms with van der Waals surface area (Å²) in [6.07, 6.45) is 4.55. The highest BCUT2D eigenvalue weighted by Gasteiger charge is 2.63. The predicted molar refractivity (Wildman–Crippen MR) is 120 cm³/mol. The van der Waals surface area contributed by atoms with Crippen LogP contribution in [0.3, 0.4) is 0 Å². The van der Waals surface area contributed by atoms with E-state index in [1.54, 1.807) is 16.6 Å². The molecule has 1 amide bonds. The number of amides is 1. The van der Waals surface area contributed by atoms with Gasteiger partial charge in [0.25, 0.3) is 5.91 Å². The maximum atomic E-state index is 14.1. The molecule has 0 radical (unpaired) electrons. The van der Waals surface area contributed by atoms with Crippen molar-refractivity contribution in [3.05, 3.63) is 62.5 Å². The van der Waals surface area contributed by atoms with Gasteiger partial charge < -0.3 is 10.0 Å². The highest BCUT2D eigenvalue weighted by atomic mass is 32.1. The van der Waals surface area contributed by atoms with Gasteiger partial charge in [0, 0.05) is 38.7 Å². The summed E-state index contributed by atoms with van der Waals surface area (Å²) in [6, 6.07) is 3.31. The first-order valence-electron chi connectivity index (χ1n) is 11.0. The average Bonchev–Trinajstić information content (AvgIpc) is 3.49. The second-order valence-electron chi connectivity index (χ2n) is 9.33. The lowest BCUT2D eigenvalue weighted by Crippen LogP contribution is -2.68. The van der Waals surface area contributed by atoms with Crippen molar-refractivity contribution in [2.75, 3.05) is 19.1 Å². The van der Waals surface area contributed by atoms with Gasteiger partial charge in [0.05, 0.1) is 5.56 Å². The number of aromatic hydroxyl groups is 1. The van der Waals surface area contributed by atoms with Crippen LogP contribution in [0.15, 0.2) is 29.2 Å². The Hall–Kier alpha value is -3.34. The maximum absolute atomic E-state index is 14.1. The summed E-state index contributed by atoms with van der Waals surface area (Å²) in [7, 11) is 3.59. The van der Waals surface area contributed by atoms with E-state index in [1.807, 2.05) is 12.1 Å². The van der Waals surface area contributed by atoms with Gasteiger partial charge in [0.15, 0.2) is 16.5 Å². The monoisotopic (exact) mass is 485 g/mol. The fourth-order valence-electron chi connectivity index (χ4n) is 5.86. The Labute approximate surface area is 197 Å². The molecule has 0 saturated heterocycles. The van der Waals surface area contributed by atoms with Crippen LogP contribution in [0, 0.1) is 23.5 Å². The van der Waals surface area contributed by atoms with Crippen LogP contribution >= 0.6 is 11.3 Å². The zero-order valence-corrected chi connectivity index (χ0v) is 19.3. The van der Waals surface area contributed by atoms with Crippen LogP contribution in [0.2, 0.25) is 0 Å². The Morgan fingerprint density at radius 1 is 1.21 bits per heavy atom. The van der Waals surface area contributed by atoms with E-state index in [4.69, 9.17) is 0 Å². The number of benzene rings is 1. The molecule has 3 heterocycles. The molecular weight excluding hydrogens is 464 g/mol. The molecule has 176 valence electrons. The Morgan fingerprint density at radius 2 is 1.97 bits per heavy atom. The van der Waals surface area contributed by atoms with Gasteiger partial charge in [-0.05, 0) is 36.8 Å². The van der Waals surface area contributed by atoms with Gasteiger partial charge in [-0.25, -0.2) is 8.78 Å². The third-order valence-corrected chi connectivity index (χ3v) is 8.63. The van der Waals surface area contributed by atoms with Crippen LogP contribution in [-0.4, -0.2) is 50.5 Å². The normalized spacial score (nSPS) is 25.1. The van der Waals surface area contributed by atoms with Crippen LogP contribution in [-0.2, 0) is 6.42 Å². The van der Waals surface area contributed by atoms with Crippen LogP contribution in [0.1, 0.15) is 40.3 Å². The number of halogens is 2. The highest BCUT2D eigenvalue weighted by molar-refractivity contribution is 7.14. The summed E-state index contributed by atoms with van der Waals surface area (Å²) in [5.74, 6) is -1.49. The van der Waals surface area contributed by atoms with E-state index in [-0.39, 0.29) is 28.2 Å². The Balaban J connectivity index is 1.41. The number of carbonyl (C=O) groups excluding carboxylic acids is 1. The lowest BCUT2D eigenvalue weighted by Gasteiger charge is -2.53. The van der Waals surface area contributed by atoms with Crippen molar-refractivity contribution in [1.82, 2.24) is 19.8 Å². The lowest BCUT2D eigenvalue weighted by molar-refractivity contribution is 0.0269. The molecule has 3 aliphatic carbocycles. The van der Waals surface area contributed by atoms with Crippen molar-refractivity contribution < 1.29 is 18.7 Å². The second-order valence-corrected chi connectivity index (χ2v) is 10.4. The molecular formula is C23H21F2N5O3S. The number of carbonyl (C=O) groups is 1. The molecule has 1 spiro atoms. The van der Waals surface area contributed by atoms with Crippen LogP contribution < -0.4 is 10.4 Å². The Bertz CT molecular complexity index is 1420. The van der Waals surface area contributed by atoms with Crippen molar-refractivity contribution in [2.24, 2.45) is 11.8 Å². The van der Waals surface area contributed by atoms with Gasteiger partial charge in [0.2, 0.25) is 5.43 Å². The summed E-state index contributed by atoms with van der Waals surface area (Å²) in [5.41, 5.74) is -0.936. The maximum Gasteiger partial charge on any atom is 0.278 e. The number of rotatable bonds is 3. The standard InChI is InChI=1S/C23H21F2N5O3S/c1-28-22(33)18-20(32)19(31)15(10-30(18)29(2)23(28)9-11-5-13(23)6-11)21-27-26-17(34-21)7-12-3-4-14(24)8-16(12)25/h3-4,8,10-11,13,32H,5-7,9H2,1-2H3. The van der Waals surface area contributed by atoms with Gasteiger partial charge in [-0.1, -0.05) is 17.4 Å². The Morgan fingerprint density at radius 3 is 2.65 bits per heavy atom. The third kappa shape index (κ3) is 2.73. The third-order valence-electron chi connectivity index (χ3n) is 7.67. The van der Waals surface area contributed by atoms with Gasteiger partial charge in [-0.15, -0.1) is 10.2 Å². The molecule has 11 heteroatoms. The van der Waals surface area contributed by atoms with Gasteiger partial charge in [-0.2, -0.15) is 0 Å². The molecule has 1 aromatic carbocycles. The summed E-state index contributed by atoms with van der Waals surface area (Å²) >= 11 is 1.08. The molecule has 1 atom stereocenters. The first kappa shape index (κ1) is 21.2. The number of nitrogens with zero attached hydrogens (tertiary/aromatic N) is 5. The molecule has 7 rings (SSSR count). The Kier molecular flexibility index (Phi) is 4.42. The predicted octanol–water partition coefficient (Wildman–Crippen LogP) is 2.72. The largest absolute Gasteiger partial charge is 0.502 e. The molecule has 1 unspecified atom stereocenters. The van der Waals surface area contributed by atoms with E-state index >= 15 is 0 Å². The minimum atomic E-state index is -0.719. The van der Waals surface area contributed by atoms with Gasteiger partial charge >= 0.3 is 0 Å². The fraction of sp³-hybridized carbons (Fsp3) is 0.391. The highest BCUT2D eigenvalue weighted by Crippen LogP contribution is 2.58. The summed E-state index contributed by atoms with van der Waals surface area (Å²) in [5, 5.41) is 21.5. The van der Waals surface area contributed by atoms with E-state index in [1.165, 1.54) is 18.3 Å². The fourth-order valence-corrected chi connectivity index (χ4v) is 6.73. The summed E-state index contributed by atoms with van der Waals surface area (Å²) in [6.45, 7) is 0. The second kappa shape index (κ2) is 7.08. The minimum absolute atomic E-state index is 0.0772. The van der Waals surface area contributed by atoms with E-state index in [0.29, 0.717) is 16.8 Å². The molecule has 3 saturated carbocycles. The van der Waals surface area contributed by atoms with Crippen LogP contribution in [0.4, 0.5) is 8.78 Å². The number of hydrogen-bond donors (Lipinski definition) is 1. The van der Waals surface area contributed by atoms with E-state index in [2.05, 4.69) is 10.2 Å². The van der Waals surface area contributed by atoms with Crippen molar-refractivity contribution in [3.63, 3.8) is 0 Å². The molecule has 1 aliphatic heterocycles. The van der Waals surface area contributed by atoms with Crippen molar-refractivity contribution >= 4 is 17.2 Å². The van der Waals surface area contributed by atoms with Gasteiger partial charge in [-0.3, -0.25) is 19.3 Å². The van der Waals surface area contributed by atoms with Crippen LogP contribution in [0.25, 0.3) is 10.6 Å². The van der Waals surface area contributed by atoms with E-state index in [0.717, 1.165) is 36.7 Å². The number of pyridine rings is 1. The van der Waals surface area contributed by atoms with Crippen LogP contribution in [0.5, 0.6) is 5.75 Å². The zero-order valence-electron chi connectivity index (χ0n) is 18.5. The molecule has 4 aliphatic rings. The summed E-state index contributed by atoms with van der Waals surface area (Å²) < 4.78 is 28.8. The topological polar surface area (TPSA) is 91.6 Å². The van der Waals surface area contributed by atoms with Gasteiger partial charge in [0.1, 0.15) is 22.3 Å². The smallest absolute Gasteiger partial charge is 0.278 e. The first-order chi connectivity index (χ1) is 16.2. The van der Waals surface area contributed by atoms with Crippen molar-refractivity contribution in [3.8, 4) is 16.3 Å². The number of aromatic nitrogens is 3. The van der Waals surface area contributed by atoms with Crippen molar-refractivity contribution in [1.29, 1.82) is 0 Å². The summed E-state index contributed by atoms with van der Waals surface area (Å²) in [4.78, 5) is 28.0. The zero-order chi connectivity index (χ0) is 23.9. The first-order valence-corrected chi connectivity index (χ1v) is 11.8. The average molecular weight is 486 g/mol. The lowest BCUT2D eigenvalue weighted by atomic mass is 9.81. The molecule has 2 bridgehead atoms.